The fourth-order valence-corrected chi connectivity index (χ4v) is 2.51. The van der Waals surface area contributed by atoms with Crippen LogP contribution in [-0.4, -0.2) is 45.8 Å². The summed E-state index contributed by atoms with van der Waals surface area (Å²) in [7, 11) is 2.91. The number of anilines is 1. The highest BCUT2D eigenvalue weighted by molar-refractivity contribution is 5.97. The number of amides is 1. The minimum Gasteiger partial charge on any atom is -0.465 e. The van der Waals surface area contributed by atoms with Crippen LogP contribution in [0, 0.1) is 5.41 Å². The Kier molecular flexibility index (Phi) is 4.93. The van der Waals surface area contributed by atoms with Gasteiger partial charge in [0.15, 0.2) is 0 Å². The van der Waals surface area contributed by atoms with Crippen LogP contribution in [0.2, 0.25) is 0 Å². The Bertz CT molecular complexity index is 524. The summed E-state index contributed by atoms with van der Waals surface area (Å²) in [5.41, 5.74) is 0.418. The molecule has 1 aliphatic heterocycles. The molecule has 0 spiro atoms. The molecule has 2 N–H and O–H groups in total. The number of benzene rings is 1. The molecule has 2 rings (SSSR count). The van der Waals surface area contributed by atoms with E-state index < -0.39 is 11.4 Å². The largest absolute Gasteiger partial charge is 0.465 e. The number of nitrogens with one attached hydrogen (secondary N) is 2. The van der Waals surface area contributed by atoms with E-state index in [1.54, 1.807) is 31.4 Å². The average molecular weight is 292 g/mol. The molecule has 0 bridgehead atoms. The maximum absolute atomic E-state index is 12.5. The number of carbonyl (C=O) groups is 2. The molecule has 6 nitrogen and oxygen atoms in total. The fraction of sp³-hybridized carbons (Fsp3) is 0.467. The molecule has 0 radical (unpaired) electrons. The third-order valence-corrected chi connectivity index (χ3v) is 3.69. The van der Waals surface area contributed by atoms with Crippen molar-refractivity contribution in [1.29, 1.82) is 0 Å². The monoisotopic (exact) mass is 292 g/mol. The third kappa shape index (κ3) is 3.40. The summed E-state index contributed by atoms with van der Waals surface area (Å²) in [6.07, 6.45) is 0.726. The Hall–Kier alpha value is -1.92. The van der Waals surface area contributed by atoms with Crippen LogP contribution in [0.1, 0.15) is 16.8 Å². The second-order valence-electron chi connectivity index (χ2n) is 5.17. The molecule has 1 aromatic rings. The van der Waals surface area contributed by atoms with E-state index in [9.17, 15) is 9.59 Å². The zero-order valence-corrected chi connectivity index (χ0v) is 12.3. The summed E-state index contributed by atoms with van der Waals surface area (Å²) >= 11 is 0. The minimum atomic E-state index is -0.560. The van der Waals surface area contributed by atoms with Crippen molar-refractivity contribution < 1.29 is 19.1 Å². The van der Waals surface area contributed by atoms with Gasteiger partial charge in [-0.05, 0) is 31.2 Å². The summed E-state index contributed by atoms with van der Waals surface area (Å²) in [5, 5.41) is 6.05. The van der Waals surface area contributed by atoms with E-state index in [0.717, 1.165) is 13.0 Å². The highest BCUT2D eigenvalue weighted by Crippen LogP contribution is 2.28. The number of methoxy groups -OCH3 is 2. The lowest BCUT2D eigenvalue weighted by atomic mass is 9.87. The molecule has 0 aromatic heterocycles. The number of rotatable bonds is 5. The van der Waals surface area contributed by atoms with Gasteiger partial charge in [0.1, 0.15) is 0 Å². The molecule has 1 saturated heterocycles. The quantitative estimate of drug-likeness (QED) is 0.793. The number of hydrogen-bond donors (Lipinski definition) is 2. The Morgan fingerprint density at radius 3 is 2.81 bits per heavy atom. The van der Waals surface area contributed by atoms with Gasteiger partial charge in [0.2, 0.25) is 5.91 Å². The van der Waals surface area contributed by atoms with Gasteiger partial charge in [-0.3, -0.25) is 4.79 Å². The van der Waals surface area contributed by atoms with E-state index >= 15 is 0 Å². The van der Waals surface area contributed by atoms with E-state index in [-0.39, 0.29) is 5.91 Å². The molecular formula is C15H20N2O4. The van der Waals surface area contributed by atoms with Gasteiger partial charge in [-0.2, -0.15) is 0 Å². The van der Waals surface area contributed by atoms with Gasteiger partial charge in [0.25, 0.3) is 0 Å². The Morgan fingerprint density at radius 1 is 1.38 bits per heavy atom. The molecule has 1 heterocycles. The third-order valence-electron chi connectivity index (χ3n) is 3.69. The zero-order chi connectivity index (χ0) is 15.3. The molecule has 1 aromatic carbocycles. The maximum atomic E-state index is 12.5. The second kappa shape index (κ2) is 6.69. The smallest absolute Gasteiger partial charge is 0.337 e. The van der Waals surface area contributed by atoms with Crippen molar-refractivity contribution in [3.8, 4) is 0 Å². The van der Waals surface area contributed by atoms with Gasteiger partial charge in [-0.25, -0.2) is 4.79 Å². The van der Waals surface area contributed by atoms with Crippen LogP contribution in [0.5, 0.6) is 0 Å². The predicted molar refractivity (Wildman–Crippen MR) is 78.2 cm³/mol. The molecule has 0 aliphatic carbocycles. The lowest BCUT2D eigenvalue weighted by Gasteiger charge is -2.26. The number of carbonyl (C=O) groups excluding carboxylic acids is 2. The normalized spacial score (nSPS) is 21.0. The first-order valence-electron chi connectivity index (χ1n) is 6.81. The highest BCUT2D eigenvalue weighted by Gasteiger charge is 2.41. The van der Waals surface area contributed by atoms with Crippen molar-refractivity contribution in [2.75, 3.05) is 39.2 Å². The Labute approximate surface area is 123 Å². The molecule has 114 valence electrons. The Balaban J connectivity index is 2.13. The van der Waals surface area contributed by atoms with Crippen molar-refractivity contribution in [2.24, 2.45) is 5.41 Å². The van der Waals surface area contributed by atoms with E-state index in [4.69, 9.17) is 4.74 Å². The first-order valence-corrected chi connectivity index (χ1v) is 6.81. The summed E-state index contributed by atoms with van der Waals surface area (Å²) in [6.45, 7) is 1.74. The SMILES string of the molecule is COCC1(C(=O)Nc2cccc(C(=O)OC)c2)CCNC1. The van der Waals surface area contributed by atoms with E-state index in [2.05, 4.69) is 15.4 Å². The van der Waals surface area contributed by atoms with Crippen molar-refractivity contribution in [1.82, 2.24) is 5.32 Å². The summed E-state index contributed by atoms with van der Waals surface area (Å²) in [6, 6.07) is 6.70. The molecule has 1 aliphatic rings. The van der Waals surface area contributed by atoms with Crippen LogP contribution in [0.15, 0.2) is 24.3 Å². The van der Waals surface area contributed by atoms with E-state index in [1.165, 1.54) is 7.11 Å². The van der Waals surface area contributed by atoms with Gasteiger partial charge in [0, 0.05) is 19.3 Å². The van der Waals surface area contributed by atoms with Crippen molar-refractivity contribution in [3.05, 3.63) is 29.8 Å². The second-order valence-corrected chi connectivity index (χ2v) is 5.17. The Morgan fingerprint density at radius 2 is 2.19 bits per heavy atom. The highest BCUT2D eigenvalue weighted by atomic mass is 16.5. The lowest BCUT2D eigenvalue weighted by molar-refractivity contribution is -0.127. The summed E-state index contributed by atoms with van der Waals surface area (Å²) in [5.74, 6) is -0.531. The van der Waals surface area contributed by atoms with Crippen LogP contribution in [0.4, 0.5) is 5.69 Å². The van der Waals surface area contributed by atoms with Crippen LogP contribution in [-0.2, 0) is 14.3 Å². The van der Waals surface area contributed by atoms with Crippen LogP contribution in [0.3, 0.4) is 0 Å². The molecule has 1 unspecified atom stereocenters. The van der Waals surface area contributed by atoms with E-state index in [1.807, 2.05) is 0 Å². The molecule has 1 amide bonds. The topological polar surface area (TPSA) is 76.7 Å². The molecule has 1 atom stereocenters. The molecular weight excluding hydrogens is 272 g/mol. The van der Waals surface area contributed by atoms with Gasteiger partial charge >= 0.3 is 5.97 Å². The van der Waals surface area contributed by atoms with Crippen molar-refractivity contribution in [2.45, 2.75) is 6.42 Å². The number of ether oxygens (including phenoxy) is 2. The maximum Gasteiger partial charge on any atom is 0.337 e. The first-order chi connectivity index (χ1) is 10.1. The lowest BCUT2D eigenvalue weighted by Crippen LogP contribution is -2.41. The molecule has 1 fully saturated rings. The van der Waals surface area contributed by atoms with Gasteiger partial charge < -0.3 is 20.1 Å². The number of hydrogen-bond acceptors (Lipinski definition) is 5. The first kappa shape index (κ1) is 15.5. The molecule has 6 heteroatoms. The van der Waals surface area contributed by atoms with E-state index in [0.29, 0.717) is 24.4 Å². The van der Waals surface area contributed by atoms with Gasteiger partial charge in [-0.15, -0.1) is 0 Å². The van der Waals surface area contributed by atoms with Crippen molar-refractivity contribution >= 4 is 17.6 Å². The van der Waals surface area contributed by atoms with Crippen LogP contribution in [0.25, 0.3) is 0 Å². The standard InChI is InChI=1S/C15H20N2O4/c1-20-10-15(6-7-16-9-15)14(19)17-12-5-3-4-11(8-12)13(18)21-2/h3-5,8,16H,6-7,9-10H2,1-2H3,(H,17,19). The van der Waals surface area contributed by atoms with Crippen molar-refractivity contribution in [3.63, 3.8) is 0 Å². The summed E-state index contributed by atoms with van der Waals surface area (Å²) < 4.78 is 9.87. The molecule has 21 heavy (non-hydrogen) atoms. The van der Waals surface area contributed by atoms with Crippen LogP contribution >= 0.6 is 0 Å². The van der Waals surface area contributed by atoms with Crippen LogP contribution < -0.4 is 10.6 Å². The number of esters is 1. The average Bonchev–Trinajstić information content (AvgIpc) is 2.97. The minimum absolute atomic E-state index is 0.101. The molecule has 0 saturated carbocycles. The van der Waals surface area contributed by atoms with Gasteiger partial charge in [0.05, 0.1) is 24.7 Å². The predicted octanol–water partition coefficient (Wildman–Crippen LogP) is 1.04. The summed E-state index contributed by atoms with van der Waals surface area (Å²) in [4.78, 5) is 24.0. The van der Waals surface area contributed by atoms with Gasteiger partial charge in [-0.1, -0.05) is 6.07 Å². The fourth-order valence-electron chi connectivity index (χ4n) is 2.51. The zero-order valence-electron chi connectivity index (χ0n) is 12.3.